The maximum atomic E-state index is 13.5. The number of urea groups is 1. The number of carboxylic acids is 1. The number of carbonyl (C=O) groups is 3. The second-order valence-corrected chi connectivity index (χ2v) is 4.01. The molecule has 0 bridgehead atoms. The molecule has 0 spiro atoms. The third-order valence-corrected chi connectivity index (χ3v) is 2.80. The van der Waals surface area contributed by atoms with Crippen LogP contribution in [0.15, 0.2) is 18.2 Å². The number of hydrogen-bond acceptors (Lipinski definition) is 4. The minimum atomic E-state index is -1.63. The standard InChI is InChI=1S/C12H8FN3O4/c13-8-3-6(1-2-7(8)4-14)10(11(18)19)16-9(17)5-15-12(16)20/h1-3,10H,5H2,(H,15,20)(H,18,19). The van der Waals surface area contributed by atoms with E-state index in [4.69, 9.17) is 5.26 Å². The Morgan fingerprint density at radius 3 is 2.65 bits per heavy atom. The molecule has 1 aromatic rings. The quantitative estimate of drug-likeness (QED) is 0.776. The van der Waals surface area contributed by atoms with Crippen LogP contribution < -0.4 is 5.32 Å². The number of nitrogens with zero attached hydrogens (tertiary/aromatic N) is 2. The van der Waals surface area contributed by atoms with Crippen molar-refractivity contribution in [1.82, 2.24) is 10.2 Å². The lowest BCUT2D eigenvalue weighted by Gasteiger charge is -2.21. The Balaban J connectivity index is 2.47. The number of carboxylic acid groups (broad SMARTS) is 1. The predicted molar refractivity (Wildman–Crippen MR) is 61.7 cm³/mol. The van der Waals surface area contributed by atoms with Crippen LogP contribution in [0, 0.1) is 17.1 Å². The van der Waals surface area contributed by atoms with E-state index in [0.717, 1.165) is 12.1 Å². The molecule has 0 aromatic heterocycles. The third kappa shape index (κ3) is 2.16. The zero-order valence-corrected chi connectivity index (χ0v) is 9.96. The van der Waals surface area contributed by atoms with Gasteiger partial charge in [-0.05, 0) is 17.7 Å². The molecule has 2 N–H and O–H groups in total. The summed E-state index contributed by atoms with van der Waals surface area (Å²) in [6.07, 6.45) is 0. The van der Waals surface area contributed by atoms with E-state index in [0.29, 0.717) is 4.90 Å². The van der Waals surface area contributed by atoms with E-state index in [1.54, 1.807) is 6.07 Å². The number of nitriles is 1. The highest BCUT2D eigenvalue weighted by Crippen LogP contribution is 2.25. The minimum Gasteiger partial charge on any atom is -0.479 e. The summed E-state index contributed by atoms with van der Waals surface area (Å²) in [5.74, 6) is -3.10. The van der Waals surface area contributed by atoms with Crippen LogP contribution in [-0.4, -0.2) is 34.5 Å². The van der Waals surface area contributed by atoms with Crippen molar-refractivity contribution < 1.29 is 23.9 Å². The highest BCUT2D eigenvalue weighted by atomic mass is 19.1. The second kappa shape index (κ2) is 4.97. The highest BCUT2D eigenvalue weighted by Gasteiger charge is 2.40. The third-order valence-electron chi connectivity index (χ3n) is 2.80. The van der Waals surface area contributed by atoms with Gasteiger partial charge in [-0.3, -0.25) is 4.79 Å². The molecule has 1 aliphatic heterocycles. The molecule has 3 amide bonds. The summed E-state index contributed by atoms with van der Waals surface area (Å²) >= 11 is 0. The van der Waals surface area contributed by atoms with Crippen molar-refractivity contribution in [2.75, 3.05) is 6.54 Å². The van der Waals surface area contributed by atoms with E-state index in [1.165, 1.54) is 6.07 Å². The average Bonchev–Trinajstić information content (AvgIpc) is 2.71. The van der Waals surface area contributed by atoms with Gasteiger partial charge in [0.1, 0.15) is 11.9 Å². The molecule has 1 atom stereocenters. The molecule has 0 saturated carbocycles. The van der Waals surface area contributed by atoms with Gasteiger partial charge < -0.3 is 10.4 Å². The molecule has 1 aromatic carbocycles. The van der Waals surface area contributed by atoms with Gasteiger partial charge >= 0.3 is 12.0 Å². The van der Waals surface area contributed by atoms with Gasteiger partial charge in [-0.1, -0.05) is 6.07 Å². The van der Waals surface area contributed by atoms with Crippen LogP contribution in [0.5, 0.6) is 0 Å². The minimum absolute atomic E-state index is 0.0978. The molecule has 1 heterocycles. The van der Waals surface area contributed by atoms with Crippen molar-refractivity contribution >= 4 is 17.9 Å². The van der Waals surface area contributed by atoms with Crippen molar-refractivity contribution in [2.45, 2.75) is 6.04 Å². The maximum Gasteiger partial charge on any atom is 0.331 e. The number of rotatable bonds is 3. The Morgan fingerprint density at radius 2 is 2.20 bits per heavy atom. The largest absolute Gasteiger partial charge is 0.479 e. The molecular formula is C12H8FN3O4. The lowest BCUT2D eigenvalue weighted by molar-refractivity contribution is -0.146. The van der Waals surface area contributed by atoms with E-state index in [-0.39, 0.29) is 17.7 Å². The summed E-state index contributed by atoms with van der Waals surface area (Å²) in [5.41, 5.74) is -0.352. The molecule has 1 saturated heterocycles. The number of aliphatic carboxylic acids is 1. The molecule has 0 radical (unpaired) electrons. The number of carbonyl (C=O) groups excluding carboxylic acids is 2. The van der Waals surface area contributed by atoms with Crippen molar-refractivity contribution in [3.63, 3.8) is 0 Å². The zero-order chi connectivity index (χ0) is 14.9. The van der Waals surface area contributed by atoms with Crippen LogP contribution >= 0.6 is 0 Å². The molecule has 1 unspecified atom stereocenters. The van der Waals surface area contributed by atoms with Crippen molar-refractivity contribution in [1.29, 1.82) is 5.26 Å². The number of nitrogens with one attached hydrogen (secondary N) is 1. The van der Waals surface area contributed by atoms with Crippen molar-refractivity contribution in [3.05, 3.63) is 35.1 Å². The Bertz CT molecular complexity index is 637. The number of benzene rings is 1. The summed E-state index contributed by atoms with van der Waals surface area (Å²) in [4.78, 5) is 34.8. The normalized spacial score (nSPS) is 15.7. The molecule has 1 aliphatic rings. The van der Waals surface area contributed by atoms with Crippen LogP contribution in [0.4, 0.5) is 9.18 Å². The fourth-order valence-electron chi connectivity index (χ4n) is 1.89. The van der Waals surface area contributed by atoms with Gasteiger partial charge in [0.15, 0.2) is 6.04 Å². The van der Waals surface area contributed by atoms with Crippen LogP contribution in [-0.2, 0) is 9.59 Å². The van der Waals surface area contributed by atoms with Gasteiger partial charge in [-0.15, -0.1) is 0 Å². The first kappa shape index (κ1) is 13.5. The van der Waals surface area contributed by atoms with E-state index >= 15 is 0 Å². The predicted octanol–water partition coefficient (Wildman–Crippen LogP) is 0.375. The molecule has 0 aliphatic carbocycles. The Kier molecular flexibility index (Phi) is 3.35. The van der Waals surface area contributed by atoms with Gasteiger partial charge in [0.25, 0.3) is 5.91 Å². The number of amides is 3. The van der Waals surface area contributed by atoms with E-state index in [9.17, 15) is 23.9 Å². The van der Waals surface area contributed by atoms with E-state index in [1.807, 2.05) is 0 Å². The van der Waals surface area contributed by atoms with Gasteiger partial charge in [0.05, 0.1) is 12.1 Å². The summed E-state index contributed by atoms with van der Waals surface area (Å²) in [6.45, 7) is -0.304. The summed E-state index contributed by atoms with van der Waals surface area (Å²) in [5, 5.41) is 20.0. The van der Waals surface area contributed by atoms with Crippen molar-refractivity contribution in [2.24, 2.45) is 0 Å². The highest BCUT2D eigenvalue weighted by molar-refractivity contribution is 6.05. The second-order valence-electron chi connectivity index (χ2n) is 4.01. The fourth-order valence-corrected chi connectivity index (χ4v) is 1.89. The van der Waals surface area contributed by atoms with Gasteiger partial charge in [-0.25, -0.2) is 18.9 Å². The van der Waals surface area contributed by atoms with E-state index < -0.39 is 29.8 Å². The Hall–Kier alpha value is -2.95. The lowest BCUT2D eigenvalue weighted by atomic mass is 10.0. The molecular weight excluding hydrogens is 269 g/mol. The van der Waals surface area contributed by atoms with Gasteiger partial charge in [-0.2, -0.15) is 5.26 Å². The van der Waals surface area contributed by atoms with E-state index in [2.05, 4.69) is 5.32 Å². The smallest absolute Gasteiger partial charge is 0.331 e. The molecule has 7 nitrogen and oxygen atoms in total. The first-order valence-corrected chi connectivity index (χ1v) is 5.48. The first-order valence-electron chi connectivity index (χ1n) is 5.48. The number of halogens is 1. The fraction of sp³-hybridized carbons (Fsp3) is 0.167. The van der Waals surface area contributed by atoms with Gasteiger partial charge in [0.2, 0.25) is 0 Å². The number of hydrogen-bond donors (Lipinski definition) is 2. The SMILES string of the molecule is N#Cc1ccc(C(C(=O)O)N2C(=O)CNC2=O)cc1F. The summed E-state index contributed by atoms with van der Waals surface area (Å²) < 4.78 is 13.5. The average molecular weight is 277 g/mol. The van der Waals surface area contributed by atoms with Crippen LogP contribution in [0.2, 0.25) is 0 Å². The summed E-state index contributed by atoms with van der Waals surface area (Å²) in [6, 6.07) is 2.23. The Morgan fingerprint density at radius 1 is 1.50 bits per heavy atom. The Labute approximate surface area is 112 Å². The lowest BCUT2D eigenvalue weighted by Crippen LogP contribution is -2.39. The molecule has 102 valence electrons. The molecule has 2 rings (SSSR count). The molecule has 8 heteroatoms. The van der Waals surface area contributed by atoms with Crippen molar-refractivity contribution in [3.8, 4) is 6.07 Å². The topological polar surface area (TPSA) is 110 Å². The van der Waals surface area contributed by atoms with Gasteiger partial charge in [0, 0.05) is 0 Å². The number of imide groups is 1. The molecule has 20 heavy (non-hydrogen) atoms. The molecule has 1 fully saturated rings. The van der Waals surface area contributed by atoms with Crippen LogP contribution in [0.25, 0.3) is 0 Å². The summed E-state index contributed by atoms with van der Waals surface area (Å²) in [7, 11) is 0. The first-order chi connectivity index (χ1) is 9.45. The van der Waals surface area contributed by atoms with Crippen LogP contribution in [0.3, 0.4) is 0 Å². The maximum absolute atomic E-state index is 13.5. The van der Waals surface area contributed by atoms with Crippen LogP contribution in [0.1, 0.15) is 17.2 Å². The zero-order valence-electron chi connectivity index (χ0n) is 9.96. The monoisotopic (exact) mass is 277 g/mol.